The molecule has 0 spiro atoms. The van der Waals surface area contributed by atoms with Gasteiger partial charge in [0.1, 0.15) is 18.1 Å². The molecular formula is C25H32N4O4. The summed E-state index contributed by atoms with van der Waals surface area (Å²) in [6, 6.07) is 11.4. The van der Waals surface area contributed by atoms with E-state index in [0.29, 0.717) is 18.0 Å². The number of pyridine rings is 1. The van der Waals surface area contributed by atoms with Crippen LogP contribution in [-0.2, 0) is 22.4 Å². The van der Waals surface area contributed by atoms with E-state index in [0.717, 1.165) is 63.3 Å². The van der Waals surface area contributed by atoms with Crippen molar-refractivity contribution in [1.82, 2.24) is 9.88 Å². The SMILES string of the molecule is COc1ccccc1N(CC(=O)O)C(=O)C1CCN(CCCc2ccc3c(n2)NCCC3)C1. The Morgan fingerprint density at radius 2 is 2.12 bits per heavy atom. The number of rotatable bonds is 9. The Balaban J connectivity index is 1.33. The van der Waals surface area contributed by atoms with Crippen LogP contribution in [0.15, 0.2) is 36.4 Å². The van der Waals surface area contributed by atoms with Crippen LogP contribution >= 0.6 is 0 Å². The van der Waals surface area contributed by atoms with Crippen LogP contribution in [0.3, 0.4) is 0 Å². The van der Waals surface area contributed by atoms with Crippen LogP contribution in [0.2, 0.25) is 0 Å². The average Bonchev–Trinajstić information content (AvgIpc) is 3.31. The number of carbonyl (C=O) groups is 2. The molecule has 33 heavy (non-hydrogen) atoms. The van der Waals surface area contributed by atoms with Crippen molar-refractivity contribution >= 4 is 23.4 Å². The van der Waals surface area contributed by atoms with Gasteiger partial charge >= 0.3 is 5.97 Å². The van der Waals surface area contributed by atoms with Crippen LogP contribution < -0.4 is 15.0 Å². The number of hydrogen-bond donors (Lipinski definition) is 2. The van der Waals surface area contributed by atoms with Gasteiger partial charge < -0.3 is 20.1 Å². The number of nitrogens with zero attached hydrogens (tertiary/aromatic N) is 3. The lowest BCUT2D eigenvalue weighted by Gasteiger charge is -2.26. The predicted octanol–water partition coefficient (Wildman–Crippen LogP) is 2.82. The molecule has 8 nitrogen and oxygen atoms in total. The van der Waals surface area contributed by atoms with Crippen LogP contribution in [0.1, 0.15) is 30.5 Å². The molecule has 3 heterocycles. The Bertz CT molecular complexity index is 996. The molecule has 1 unspecified atom stereocenters. The number of benzene rings is 1. The van der Waals surface area contributed by atoms with Crippen molar-refractivity contribution in [3.05, 3.63) is 47.7 Å². The van der Waals surface area contributed by atoms with Gasteiger partial charge in [-0.05, 0) is 69.0 Å². The molecule has 2 aromatic rings. The first-order chi connectivity index (χ1) is 16.0. The summed E-state index contributed by atoms with van der Waals surface area (Å²) in [4.78, 5) is 33.2. The monoisotopic (exact) mass is 452 g/mol. The Hall–Kier alpha value is -3.13. The summed E-state index contributed by atoms with van der Waals surface area (Å²) in [5.41, 5.74) is 2.89. The van der Waals surface area contributed by atoms with Gasteiger partial charge in [-0.2, -0.15) is 0 Å². The largest absolute Gasteiger partial charge is 0.495 e. The number of aryl methyl sites for hydroxylation is 2. The standard InChI is InChI=1S/C25H32N4O4/c1-33-22-9-3-2-8-21(22)29(17-23(30)31)25(32)19-12-15-28(16-19)14-5-7-20-11-10-18-6-4-13-26-24(18)27-20/h2-3,8-11,19H,4-7,12-17H2,1H3,(H,26,27)(H,30,31). The van der Waals surface area contributed by atoms with Crippen LogP contribution in [0.5, 0.6) is 5.75 Å². The first-order valence-electron chi connectivity index (χ1n) is 11.7. The number of aliphatic carboxylic acids is 1. The van der Waals surface area contributed by atoms with E-state index < -0.39 is 5.97 Å². The number of carbonyl (C=O) groups excluding carboxylic acids is 1. The summed E-state index contributed by atoms with van der Waals surface area (Å²) in [6.07, 6.45) is 4.84. The Morgan fingerprint density at radius 3 is 2.94 bits per heavy atom. The fourth-order valence-electron chi connectivity index (χ4n) is 4.72. The predicted molar refractivity (Wildman–Crippen MR) is 127 cm³/mol. The molecule has 4 rings (SSSR count). The van der Waals surface area contributed by atoms with Crippen molar-refractivity contribution in [2.24, 2.45) is 5.92 Å². The third-order valence-electron chi connectivity index (χ3n) is 6.42. The number of nitrogens with one attached hydrogen (secondary N) is 1. The molecule has 0 radical (unpaired) electrons. The smallest absolute Gasteiger partial charge is 0.323 e. The summed E-state index contributed by atoms with van der Waals surface area (Å²) in [6.45, 7) is 2.98. The molecule has 1 amide bonds. The summed E-state index contributed by atoms with van der Waals surface area (Å²) < 4.78 is 5.36. The number of carboxylic acids is 1. The summed E-state index contributed by atoms with van der Waals surface area (Å²) in [5, 5.41) is 12.8. The van der Waals surface area contributed by atoms with Crippen LogP contribution in [0, 0.1) is 5.92 Å². The average molecular weight is 453 g/mol. The van der Waals surface area contributed by atoms with Crippen molar-refractivity contribution < 1.29 is 19.4 Å². The molecule has 0 aliphatic carbocycles. The van der Waals surface area contributed by atoms with E-state index in [2.05, 4.69) is 22.3 Å². The zero-order valence-corrected chi connectivity index (χ0v) is 19.1. The molecule has 1 fully saturated rings. The van der Waals surface area contributed by atoms with E-state index in [1.165, 1.54) is 17.6 Å². The molecule has 1 aromatic heterocycles. The second-order valence-electron chi connectivity index (χ2n) is 8.72. The number of hydrogen-bond acceptors (Lipinski definition) is 6. The lowest BCUT2D eigenvalue weighted by Crippen LogP contribution is -2.41. The van der Waals surface area contributed by atoms with E-state index in [-0.39, 0.29) is 18.4 Å². The first-order valence-corrected chi connectivity index (χ1v) is 11.7. The van der Waals surface area contributed by atoms with E-state index >= 15 is 0 Å². The highest BCUT2D eigenvalue weighted by atomic mass is 16.5. The number of ether oxygens (including phenoxy) is 1. The van der Waals surface area contributed by atoms with Gasteiger partial charge in [0.25, 0.3) is 0 Å². The summed E-state index contributed by atoms with van der Waals surface area (Å²) >= 11 is 0. The number of carboxylic acid groups (broad SMARTS) is 1. The van der Waals surface area contributed by atoms with Crippen LogP contribution in [0.25, 0.3) is 0 Å². The van der Waals surface area contributed by atoms with Gasteiger partial charge in [0.2, 0.25) is 5.91 Å². The zero-order chi connectivity index (χ0) is 23.2. The molecule has 2 N–H and O–H groups in total. The van der Waals surface area contributed by atoms with Crippen molar-refractivity contribution in [2.75, 3.05) is 50.1 Å². The zero-order valence-electron chi connectivity index (χ0n) is 19.1. The normalized spacial score (nSPS) is 17.8. The van der Waals surface area contributed by atoms with Crippen molar-refractivity contribution in [1.29, 1.82) is 0 Å². The van der Waals surface area contributed by atoms with Gasteiger partial charge in [0.05, 0.1) is 18.7 Å². The highest BCUT2D eigenvalue weighted by molar-refractivity contribution is 6.00. The Morgan fingerprint density at radius 1 is 1.27 bits per heavy atom. The molecular weight excluding hydrogens is 420 g/mol. The van der Waals surface area contributed by atoms with Gasteiger partial charge in [-0.3, -0.25) is 14.5 Å². The minimum atomic E-state index is -1.05. The summed E-state index contributed by atoms with van der Waals surface area (Å²) in [5.74, 6) is 0.0951. The molecule has 2 aliphatic heterocycles. The molecule has 8 heteroatoms. The molecule has 2 aliphatic rings. The molecule has 1 aromatic carbocycles. The van der Waals surface area contributed by atoms with E-state index in [1.807, 2.05) is 0 Å². The number of amides is 1. The molecule has 0 bridgehead atoms. The quantitative estimate of drug-likeness (QED) is 0.604. The maximum Gasteiger partial charge on any atom is 0.323 e. The van der Waals surface area contributed by atoms with Gasteiger partial charge in [-0.1, -0.05) is 18.2 Å². The van der Waals surface area contributed by atoms with E-state index in [4.69, 9.17) is 9.72 Å². The maximum absolute atomic E-state index is 13.3. The minimum absolute atomic E-state index is 0.160. The second kappa shape index (κ2) is 10.7. The highest BCUT2D eigenvalue weighted by Crippen LogP contribution is 2.30. The van der Waals surface area contributed by atoms with Crippen molar-refractivity contribution in [2.45, 2.75) is 32.1 Å². The fraction of sp³-hybridized carbons (Fsp3) is 0.480. The fourth-order valence-corrected chi connectivity index (χ4v) is 4.72. The lowest BCUT2D eigenvalue weighted by atomic mass is 10.1. The number of anilines is 2. The van der Waals surface area contributed by atoms with Crippen LogP contribution in [0.4, 0.5) is 11.5 Å². The number of methoxy groups -OCH3 is 1. The molecule has 1 atom stereocenters. The highest BCUT2D eigenvalue weighted by Gasteiger charge is 2.33. The lowest BCUT2D eigenvalue weighted by molar-refractivity contribution is -0.137. The topological polar surface area (TPSA) is 95.0 Å². The van der Waals surface area contributed by atoms with E-state index in [1.54, 1.807) is 24.3 Å². The van der Waals surface area contributed by atoms with Gasteiger partial charge in [0.15, 0.2) is 0 Å². The van der Waals surface area contributed by atoms with Crippen LogP contribution in [-0.4, -0.2) is 66.7 Å². The number of likely N-dealkylation sites (tertiary alicyclic amines) is 1. The molecule has 176 valence electrons. The van der Waals surface area contributed by atoms with Gasteiger partial charge in [-0.25, -0.2) is 4.98 Å². The molecule has 1 saturated heterocycles. The second-order valence-corrected chi connectivity index (χ2v) is 8.72. The van der Waals surface area contributed by atoms with Crippen molar-refractivity contribution in [3.8, 4) is 5.75 Å². The van der Waals surface area contributed by atoms with Gasteiger partial charge in [0, 0.05) is 18.8 Å². The minimum Gasteiger partial charge on any atom is -0.495 e. The maximum atomic E-state index is 13.3. The third kappa shape index (κ3) is 5.63. The first kappa shape index (κ1) is 23.0. The number of para-hydroxylation sites is 2. The summed E-state index contributed by atoms with van der Waals surface area (Å²) in [7, 11) is 1.52. The molecule has 0 saturated carbocycles. The third-order valence-corrected chi connectivity index (χ3v) is 6.42. The van der Waals surface area contributed by atoms with Crippen molar-refractivity contribution in [3.63, 3.8) is 0 Å². The van der Waals surface area contributed by atoms with E-state index in [9.17, 15) is 14.7 Å². The van der Waals surface area contributed by atoms with Gasteiger partial charge in [-0.15, -0.1) is 0 Å². The number of fused-ring (bicyclic) bond motifs is 1. The Kier molecular flexibility index (Phi) is 7.44. The number of aromatic nitrogens is 1. The Labute approximate surface area is 194 Å².